The van der Waals surface area contributed by atoms with Gasteiger partial charge in [-0.1, -0.05) is 45.0 Å². The first-order valence-corrected chi connectivity index (χ1v) is 15.7. The van der Waals surface area contributed by atoms with Gasteiger partial charge in [0.2, 0.25) is 0 Å². The lowest BCUT2D eigenvalue weighted by Crippen LogP contribution is -2.40. The number of nitrogens with zero attached hydrogens (tertiary/aromatic N) is 4. The van der Waals surface area contributed by atoms with Crippen LogP contribution in [0.15, 0.2) is 53.7 Å². The second-order valence-electron chi connectivity index (χ2n) is 11.3. The first kappa shape index (κ1) is 26.2. The van der Waals surface area contributed by atoms with Crippen molar-refractivity contribution in [2.75, 3.05) is 0 Å². The average molecular weight is 507 g/mol. The Morgan fingerprint density at radius 1 is 1.03 bits per heavy atom. The summed E-state index contributed by atoms with van der Waals surface area (Å²) in [5, 5.41) is 0.215. The zero-order valence-electron chi connectivity index (χ0n) is 22.3. The summed E-state index contributed by atoms with van der Waals surface area (Å²) in [5.74, 6) is 0.518. The van der Waals surface area contributed by atoms with Gasteiger partial charge in [-0.15, -0.1) is 0 Å². The molecule has 0 saturated heterocycles. The van der Waals surface area contributed by atoms with Gasteiger partial charge in [-0.05, 0) is 66.9 Å². The molecule has 1 fully saturated rings. The van der Waals surface area contributed by atoms with E-state index in [1.807, 2.05) is 0 Å². The molecule has 192 valence electrons. The molecule has 0 unspecified atom stereocenters. The van der Waals surface area contributed by atoms with Crippen molar-refractivity contribution in [2.24, 2.45) is 7.05 Å². The molecular formula is C28H38N4O3Si. The minimum atomic E-state index is -1.75. The predicted octanol–water partition coefficient (Wildman–Crippen LogP) is 5.86. The van der Waals surface area contributed by atoms with Gasteiger partial charge in [-0.2, -0.15) is 4.98 Å². The summed E-state index contributed by atoms with van der Waals surface area (Å²) in [4.78, 5) is 25.2. The van der Waals surface area contributed by atoms with E-state index in [0.717, 1.165) is 25.7 Å². The van der Waals surface area contributed by atoms with Crippen molar-refractivity contribution >= 4 is 8.32 Å². The number of hydrogen-bond acceptors (Lipinski definition) is 6. The lowest BCUT2D eigenvalue weighted by atomic mass is 9.82. The van der Waals surface area contributed by atoms with E-state index in [-0.39, 0.29) is 16.7 Å². The summed E-state index contributed by atoms with van der Waals surface area (Å²) >= 11 is 0. The molecule has 3 aromatic rings. The largest absolute Gasteiger partial charge is 0.461 e. The van der Waals surface area contributed by atoms with E-state index >= 15 is 0 Å². The molecule has 0 N–H and O–H groups in total. The van der Waals surface area contributed by atoms with Gasteiger partial charge in [-0.3, -0.25) is 9.36 Å². The van der Waals surface area contributed by atoms with Crippen LogP contribution >= 0.6 is 0 Å². The van der Waals surface area contributed by atoms with E-state index in [0.29, 0.717) is 29.9 Å². The summed E-state index contributed by atoms with van der Waals surface area (Å²) in [6.45, 7) is 12.1. The van der Waals surface area contributed by atoms with Crippen molar-refractivity contribution in [3.8, 4) is 17.4 Å². The van der Waals surface area contributed by atoms with Gasteiger partial charge < -0.3 is 9.16 Å². The highest BCUT2D eigenvalue weighted by Gasteiger charge is 2.37. The van der Waals surface area contributed by atoms with Crippen LogP contribution in [0, 0.1) is 0 Å². The molecule has 7 nitrogen and oxygen atoms in total. The summed E-state index contributed by atoms with van der Waals surface area (Å²) < 4.78 is 14.1. The van der Waals surface area contributed by atoms with E-state index in [1.54, 1.807) is 19.3 Å². The molecule has 0 atom stereocenters. The SMILES string of the molecule is Cn1c(OC2CCC(c3ccc(CO[Si](C)(C)C(C)(C)C)cc3)CC2)nc(-c2ccncn2)cc1=O. The lowest BCUT2D eigenvalue weighted by molar-refractivity contribution is 0.128. The van der Waals surface area contributed by atoms with E-state index in [9.17, 15) is 4.79 Å². The summed E-state index contributed by atoms with van der Waals surface area (Å²) in [5.41, 5.74) is 3.55. The highest BCUT2D eigenvalue weighted by Crippen LogP contribution is 2.37. The molecule has 4 rings (SSSR count). The van der Waals surface area contributed by atoms with Crippen molar-refractivity contribution in [3.63, 3.8) is 0 Å². The molecule has 0 amide bonds. The molecule has 2 aromatic heterocycles. The Hall–Kier alpha value is -2.84. The monoisotopic (exact) mass is 506 g/mol. The standard InChI is InChI=1S/C28H38N4O3Si/c1-28(2,3)36(5,6)34-18-20-7-9-21(10-8-20)22-11-13-23(14-12-22)35-27-31-25(17-26(33)32(27)4)24-15-16-29-19-30-24/h7-10,15-17,19,22-23H,11-14,18H2,1-6H3. The third kappa shape index (κ3) is 6.10. The minimum Gasteiger partial charge on any atom is -0.461 e. The summed E-state index contributed by atoms with van der Waals surface area (Å²) in [6, 6.07) is 12.5. The van der Waals surface area contributed by atoms with E-state index in [2.05, 4.69) is 73.1 Å². The highest BCUT2D eigenvalue weighted by molar-refractivity contribution is 6.74. The molecule has 1 saturated carbocycles. The topological polar surface area (TPSA) is 79.1 Å². The molecule has 2 heterocycles. The molecule has 0 bridgehead atoms. The van der Waals surface area contributed by atoms with Gasteiger partial charge in [-0.25, -0.2) is 9.97 Å². The van der Waals surface area contributed by atoms with Gasteiger partial charge in [0, 0.05) is 19.3 Å². The van der Waals surface area contributed by atoms with E-state index in [1.165, 1.54) is 28.1 Å². The van der Waals surface area contributed by atoms with Crippen molar-refractivity contribution in [3.05, 3.63) is 70.4 Å². The van der Waals surface area contributed by atoms with Gasteiger partial charge in [0.05, 0.1) is 18.0 Å². The van der Waals surface area contributed by atoms with Crippen LogP contribution in [0.25, 0.3) is 11.4 Å². The molecular weight excluding hydrogens is 468 g/mol. The normalized spacial score (nSPS) is 18.7. The van der Waals surface area contributed by atoms with Crippen LogP contribution < -0.4 is 10.3 Å². The first-order chi connectivity index (χ1) is 17.0. The molecule has 0 spiro atoms. The van der Waals surface area contributed by atoms with Gasteiger partial charge >= 0.3 is 0 Å². The lowest BCUT2D eigenvalue weighted by Gasteiger charge is -2.36. The maximum Gasteiger partial charge on any atom is 0.299 e. The fourth-order valence-corrected chi connectivity index (χ4v) is 5.19. The molecule has 0 aliphatic heterocycles. The second-order valence-corrected chi connectivity index (χ2v) is 16.1. The number of benzene rings is 1. The maximum absolute atomic E-state index is 12.5. The zero-order valence-corrected chi connectivity index (χ0v) is 23.3. The highest BCUT2D eigenvalue weighted by atomic mass is 28.4. The van der Waals surface area contributed by atoms with Crippen LogP contribution in [0.2, 0.25) is 18.1 Å². The Balaban J connectivity index is 1.35. The van der Waals surface area contributed by atoms with E-state index < -0.39 is 8.32 Å². The van der Waals surface area contributed by atoms with Gasteiger partial charge in [0.15, 0.2) is 8.32 Å². The minimum absolute atomic E-state index is 0.0391. The van der Waals surface area contributed by atoms with Crippen LogP contribution in [-0.2, 0) is 18.1 Å². The molecule has 36 heavy (non-hydrogen) atoms. The molecule has 1 aromatic carbocycles. The van der Waals surface area contributed by atoms with Crippen molar-refractivity contribution < 1.29 is 9.16 Å². The van der Waals surface area contributed by atoms with Crippen LogP contribution in [-0.4, -0.2) is 33.9 Å². The van der Waals surface area contributed by atoms with Gasteiger partial charge in [0.25, 0.3) is 11.6 Å². The Labute approximate surface area is 215 Å². The predicted molar refractivity (Wildman–Crippen MR) is 145 cm³/mol. The molecule has 0 radical (unpaired) electrons. The Morgan fingerprint density at radius 2 is 1.72 bits per heavy atom. The Kier molecular flexibility index (Phi) is 7.75. The quantitative estimate of drug-likeness (QED) is 0.373. The Morgan fingerprint density at radius 3 is 2.33 bits per heavy atom. The van der Waals surface area contributed by atoms with E-state index in [4.69, 9.17) is 9.16 Å². The number of hydrogen-bond donors (Lipinski definition) is 0. The van der Waals surface area contributed by atoms with Crippen molar-refractivity contribution in [1.82, 2.24) is 19.5 Å². The number of rotatable bonds is 7. The Bertz CT molecular complexity index is 1210. The first-order valence-electron chi connectivity index (χ1n) is 12.8. The third-order valence-corrected chi connectivity index (χ3v) is 12.2. The second kappa shape index (κ2) is 10.6. The number of ether oxygens (including phenoxy) is 1. The van der Waals surface area contributed by atoms with Crippen molar-refractivity contribution in [1.29, 1.82) is 0 Å². The van der Waals surface area contributed by atoms with Crippen LogP contribution in [0.3, 0.4) is 0 Å². The fourth-order valence-electron chi connectivity index (χ4n) is 4.23. The maximum atomic E-state index is 12.5. The van der Waals surface area contributed by atoms with Crippen LogP contribution in [0.4, 0.5) is 0 Å². The van der Waals surface area contributed by atoms with Crippen LogP contribution in [0.5, 0.6) is 6.01 Å². The molecule has 1 aliphatic rings. The third-order valence-electron chi connectivity index (χ3n) is 7.74. The zero-order chi connectivity index (χ0) is 25.9. The molecule has 8 heteroatoms. The fraction of sp³-hybridized carbons (Fsp3) is 0.500. The molecule has 1 aliphatic carbocycles. The van der Waals surface area contributed by atoms with Gasteiger partial charge in [0.1, 0.15) is 12.4 Å². The van der Waals surface area contributed by atoms with Crippen molar-refractivity contribution in [2.45, 2.75) is 83.2 Å². The number of aromatic nitrogens is 4. The smallest absolute Gasteiger partial charge is 0.299 e. The van der Waals surface area contributed by atoms with Crippen LogP contribution in [0.1, 0.15) is 63.5 Å². The summed E-state index contributed by atoms with van der Waals surface area (Å²) in [7, 11) is -0.0598. The average Bonchev–Trinajstić information content (AvgIpc) is 2.86. The summed E-state index contributed by atoms with van der Waals surface area (Å²) in [6.07, 6.45) is 7.07.